The number of nitrogens with zero attached hydrogens (tertiary/aromatic N) is 4. The molecular weight excluding hydrogens is 308 g/mol. The summed E-state index contributed by atoms with van der Waals surface area (Å²) in [5.41, 5.74) is 0.751. The van der Waals surface area contributed by atoms with E-state index in [2.05, 4.69) is 11.2 Å². The van der Waals surface area contributed by atoms with Crippen molar-refractivity contribution in [2.75, 3.05) is 19.6 Å². The molecule has 0 fully saturated rings. The van der Waals surface area contributed by atoms with Gasteiger partial charge in [-0.15, -0.1) is 0 Å². The van der Waals surface area contributed by atoms with E-state index in [0.717, 1.165) is 5.56 Å². The van der Waals surface area contributed by atoms with Gasteiger partial charge in [-0.05, 0) is 13.5 Å². The summed E-state index contributed by atoms with van der Waals surface area (Å²) in [5, 5.41) is 23.1. The molecule has 1 heterocycles. The van der Waals surface area contributed by atoms with Crippen LogP contribution in [0.15, 0.2) is 39.6 Å². The van der Waals surface area contributed by atoms with Crippen LogP contribution >= 0.6 is 0 Å². The fourth-order valence-electron chi connectivity index (χ4n) is 2.55. The summed E-state index contributed by atoms with van der Waals surface area (Å²) < 4.78 is 6.09. The summed E-state index contributed by atoms with van der Waals surface area (Å²) in [6.45, 7) is 5.56. The Morgan fingerprint density at radius 1 is 1.38 bits per heavy atom. The van der Waals surface area contributed by atoms with Crippen LogP contribution in [0.25, 0.3) is 11.4 Å². The Bertz CT molecular complexity index is 732. The number of aliphatic hydroxyl groups is 1. The third kappa shape index (κ3) is 4.54. The SMILES string of the molecule is CCN(CC(C)C#N)CC(O)Cn1c(-c2ccccc2)noc1=O. The predicted molar refractivity (Wildman–Crippen MR) is 89.1 cm³/mol. The molecule has 2 unspecified atom stereocenters. The summed E-state index contributed by atoms with van der Waals surface area (Å²) in [6.07, 6.45) is -0.768. The number of likely N-dealkylation sites (N-methyl/N-ethyl adjacent to an activating group) is 1. The van der Waals surface area contributed by atoms with E-state index in [1.807, 2.05) is 49.1 Å². The van der Waals surface area contributed by atoms with Gasteiger partial charge >= 0.3 is 5.76 Å². The molecule has 0 aliphatic heterocycles. The number of nitriles is 1. The average molecular weight is 330 g/mol. The molecule has 0 radical (unpaired) electrons. The first-order valence-electron chi connectivity index (χ1n) is 7.97. The van der Waals surface area contributed by atoms with Crippen LogP contribution < -0.4 is 5.76 Å². The van der Waals surface area contributed by atoms with Gasteiger partial charge in [0.15, 0.2) is 5.82 Å². The van der Waals surface area contributed by atoms with E-state index in [1.165, 1.54) is 4.57 Å². The van der Waals surface area contributed by atoms with Crippen molar-refractivity contribution in [3.63, 3.8) is 0 Å². The van der Waals surface area contributed by atoms with Crippen molar-refractivity contribution in [1.82, 2.24) is 14.6 Å². The quantitative estimate of drug-likeness (QED) is 0.785. The van der Waals surface area contributed by atoms with Crippen molar-refractivity contribution in [3.05, 3.63) is 40.9 Å². The molecule has 0 amide bonds. The molecule has 7 heteroatoms. The van der Waals surface area contributed by atoms with Gasteiger partial charge in [0.25, 0.3) is 0 Å². The summed E-state index contributed by atoms with van der Waals surface area (Å²) in [6, 6.07) is 11.4. The molecule has 1 aromatic carbocycles. The number of rotatable bonds is 8. The third-order valence-corrected chi connectivity index (χ3v) is 3.78. The van der Waals surface area contributed by atoms with Crippen LogP contribution in [-0.2, 0) is 6.54 Å². The van der Waals surface area contributed by atoms with Gasteiger partial charge in [-0.25, -0.2) is 4.79 Å². The van der Waals surface area contributed by atoms with Crippen molar-refractivity contribution >= 4 is 0 Å². The van der Waals surface area contributed by atoms with Crippen LogP contribution in [0.2, 0.25) is 0 Å². The second kappa shape index (κ2) is 8.43. The molecule has 0 bridgehead atoms. The van der Waals surface area contributed by atoms with E-state index in [4.69, 9.17) is 9.78 Å². The van der Waals surface area contributed by atoms with Gasteiger partial charge < -0.3 is 5.11 Å². The van der Waals surface area contributed by atoms with Crippen LogP contribution in [0.1, 0.15) is 13.8 Å². The highest BCUT2D eigenvalue weighted by Crippen LogP contribution is 2.15. The molecule has 0 aliphatic rings. The molecule has 2 rings (SSSR count). The zero-order valence-electron chi connectivity index (χ0n) is 13.9. The molecule has 2 atom stereocenters. The molecule has 0 spiro atoms. The van der Waals surface area contributed by atoms with Crippen LogP contribution in [-0.4, -0.2) is 45.5 Å². The highest BCUT2D eigenvalue weighted by Gasteiger charge is 2.18. The molecule has 2 aromatic rings. The Morgan fingerprint density at radius 3 is 2.71 bits per heavy atom. The smallest absolute Gasteiger partial charge is 0.390 e. The number of hydrogen-bond donors (Lipinski definition) is 1. The summed E-state index contributed by atoms with van der Waals surface area (Å²) in [4.78, 5) is 13.9. The lowest BCUT2D eigenvalue weighted by molar-refractivity contribution is 0.0954. The lowest BCUT2D eigenvalue weighted by Crippen LogP contribution is -2.38. The number of aliphatic hydroxyl groups excluding tert-OH is 1. The van der Waals surface area contributed by atoms with Crippen LogP contribution in [0.5, 0.6) is 0 Å². The molecular formula is C17H22N4O3. The van der Waals surface area contributed by atoms with E-state index < -0.39 is 11.9 Å². The van der Waals surface area contributed by atoms with Crippen LogP contribution in [0.4, 0.5) is 0 Å². The molecule has 0 aliphatic carbocycles. The summed E-state index contributed by atoms with van der Waals surface area (Å²) in [5.74, 6) is -0.315. The van der Waals surface area contributed by atoms with E-state index in [9.17, 15) is 9.90 Å². The Hall–Kier alpha value is -2.43. The highest BCUT2D eigenvalue weighted by atomic mass is 16.5. The maximum absolute atomic E-state index is 11.9. The first-order valence-corrected chi connectivity index (χ1v) is 7.97. The molecule has 128 valence electrons. The second-order valence-corrected chi connectivity index (χ2v) is 5.78. The lowest BCUT2D eigenvalue weighted by Gasteiger charge is -2.24. The van der Waals surface area contributed by atoms with Crippen LogP contribution in [0, 0.1) is 17.2 Å². The summed E-state index contributed by atoms with van der Waals surface area (Å²) in [7, 11) is 0. The van der Waals surface area contributed by atoms with Gasteiger partial charge in [0.2, 0.25) is 0 Å². The van der Waals surface area contributed by atoms with E-state index >= 15 is 0 Å². The fraction of sp³-hybridized carbons (Fsp3) is 0.471. The normalized spacial score (nSPS) is 13.6. The second-order valence-electron chi connectivity index (χ2n) is 5.78. The molecule has 7 nitrogen and oxygen atoms in total. The Kier molecular flexibility index (Phi) is 6.29. The van der Waals surface area contributed by atoms with Gasteiger partial charge in [-0.1, -0.05) is 42.4 Å². The minimum absolute atomic E-state index is 0.0873. The fourth-order valence-corrected chi connectivity index (χ4v) is 2.55. The Balaban J connectivity index is 2.09. The minimum atomic E-state index is -0.768. The topological polar surface area (TPSA) is 95.3 Å². The van der Waals surface area contributed by atoms with E-state index in [1.54, 1.807) is 0 Å². The number of aromatic nitrogens is 2. The first kappa shape index (κ1) is 17.9. The first-order chi connectivity index (χ1) is 11.5. The molecule has 1 N–H and O–H groups in total. The van der Waals surface area contributed by atoms with Crippen LogP contribution in [0.3, 0.4) is 0 Å². The minimum Gasteiger partial charge on any atom is -0.390 e. The van der Waals surface area contributed by atoms with Gasteiger partial charge in [-0.3, -0.25) is 14.0 Å². The predicted octanol–water partition coefficient (Wildman–Crippen LogP) is 1.35. The Morgan fingerprint density at radius 2 is 2.08 bits per heavy atom. The maximum Gasteiger partial charge on any atom is 0.441 e. The van der Waals surface area contributed by atoms with Crippen molar-refractivity contribution in [2.24, 2.45) is 5.92 Å². The molecule has 0 saturated carbocycles. The zero-order chi connectivity index (χ0) is 17.5. The average Bonchev–Trinajstić information content (AvgIpc) is 2.95. The number of hydrogen-bond acceptors (Lipinski definition) is 6. The van der Waals surface area contributed by atoms with Gasteiger partial charge in [0.1, 0.15) is 0 Å². The van der Waals surface area contributed by atoms with Gasteiger partial charge in [-0.2, -0.15) is 5.26 Å². The highest BCUT2D eigenvalue weighted by molar-refractivity contribution is 5.54. The maximum atomic E-state index is 11.9. The van der Waals surface area contributed by atoms with Gasteiger partial charge in [0, 0.05) is 18.7 Å². The van der Waals surface area contributed by atoms with E-state index in [-0.39, 0.29) is 12.5 Å². The van der Waals surface area contributed by atoms with Crippen molar-refractivity contribution in [3.8, 4) is 17.5 Å². The standard InChI is InChI=1S/C17H22N4O3/c1-3-20(10-13(2)9-18)11-15(22)12-21-16(19-24-17(21)23)14-7-5-4-6-8-14/h4-8,13,15,22H,3,10-12H2,1-2H3. The number of benzene rings is 1. The van der Waals surface area contributed by atoms with Crippen molar-refractivity contribution in [2.45, 2.75) is 26.5 Å². The van der Waals surface area contributed by atoms with Crippen molar-refractivity contribution < 1.29 is 9.63 Å². The zero-order valence-corrected chi connectivity index (χ0v) is 13.9. The van der Waals surface area contributed by atoms with Crippen molar-refractivity contribution in [1.29, 1.82) is 5.26 Å². The molecule has 24 heavy (non-hydrogen) atoms. The Labute approximate surface area is 140 Å². The monoisotopic (exact) mass is 330 g/mol. The van der Waals surface area contributed by atoms with Gasteiger partial charge in [0.05, 0.1) is 24.6 Å². The lowest BCUT2D eigenvalue weighted by atomic mass is 10.2. The third-order valence-electron chi connectivity index (χ3n) is 3.78. The van der Waals surface area contributed by atoms with E-state index in [0.29, 0.717) is 25.5 Å². The summed E-state index contributed by atoms with van der Waals surface area (Å²) >= 11 is 0. The largest absolute Gasteiger partial charge is 0.441 e. The molecule has 1 aromatic heterocycles. The molecule has 0 saturated heterocycles.